The van der Waals surface area contributed by atoms with Crippen LogP contribution in [0.25, 0.3) is 11.1 Å². The lowest BCUT2D eigenvalue weighted by Gasteiger charge is -2.26. The van der Waals surface area contributed by atoms with Gasteiger partial charge in [0.15, 0.2) is 0 Å². The van der Waals surface area contributed by atoms with E-state index in [0.717, 1.165) is 30.4 Å². The van der Waals surface area contributed by atoms with E-state index < -0.39 is 0 Å². The quantitative estimate of drug-likeness (QED) is 0.589. The number of hydrogen-bond acceptors (Lipinski definition) is 2. The molecule has 2 aromatic carbocycles. The van der Waals surface area contributed by atoms with Crippen molar-refractivity contribution in [2.45, 2.75) is 46.1 Å². The fraction of sp³-hybridized carbons (Fsp3) is 0.478. The van der Waals surface area contributed by atoms with Gasteiger partial charge in [0.1, 0.15) is 11.6 Å². The standard InChI is InChI=1S/C23H29FO2/c1-15(2)12-16-6-8-18(19-14-17(25-4)7-9-21(19)24)20(13-16)22(26-5)23(3)10-11-23/h6-9,13-15,22H,10-12H2,1-5H3/t22-/m1/s1. The second-order valence-corrected chi connectivity index (χ2v) is 8.14. The summed E-state index contributed by atoms with van der Waals surface area (Å²) in [6.07, 6.45) is 3.25. The maximum atomic E-state index is 14.7. The van der Waals surface area contributed by atoms with E-state index >= 15 is 0 Å². The number of halogens is 1. The topological polar surface area (TPSA) is 18.5 Å². The van der Waals surface area contributed by atoms with Crippen molar-refractivity contribution in [2.24, 2.45) is 11.3 Å². The van der Waals surface area contributed by atoms with E-state index in [9.17, 15) is 4.39 Å². The van der Waals surface area contributed by atoms with Gasteiger partial charge in [-0.25, -0.2) is 4.39 Å². The van der Waals surface area contributed by atoms with Crippen molar-refractivity contribution in [3.05, 3.63) is 53.3 Å². The Morgan fingerprint density at radius 1 is 1.04 bits per heavy atom. The first kappa shape index (κ1) is 18.9. The summed E-state index contributed by atoms with van der Waals surface area (Å²) in [7, 11) is 3.36. The highest BCUT2D eigenvalue weighted by atomic mass is 19.1. The Morgan fingerprint density at radius 3 is 2.35 bits per heavy atom. The van der Waals surface area contributed by atoms with Crippen LogP contribution < -0.4 is 4.74 Å². The molecule has 140 valence electrons. The highest BCUT2D eigenvalue weighted by Crippen LogP contribution is 2.57. The van der Waals surface area contributed by atoms with E-state index in [1.54, 1.807) is 26.4 Å². The molecule has 0 bridgehead atoms. The first-order valence-electron chi connectivity index (χ1n) is 9.37. The lowest BCUT2D eigenvalue weighted by Crippen LogP contribution is -2.15. The molecule has 0 aromatic heterocycles. The largest absolute Gasteiger partial charge is 0.497 e. The third-order valence-electron chi connectivity index (χ3n) is 5.41. The van der Waals surface area contributed by atoms with Crippen LogP contribution in [0.15, 0.2) is 36.4 Å². The van der Waals surface area contributed by atoms with Crippen molar-refractivity contribution < 1.29 is 13.9 Å². The van der Waals surface area contributed by atoms with Crippen LogP contribution in [0.2, 0.25) is 0 Å². The molecule has 1 aliphatic carbocycles. The molecule has 0 radical (unpaired) electrons. The van der Waals surface area contributed by atoms with Gasteiger partial charge in [-0.05, 0) is 65.5 Å². The van der Waals surface area contributed by atoms with E-state index in [-0.39, 0.29) is 17.3 Å². The zero-order chi connectivity index (χ0) is 18.9. The van der Waals surface area contributed by atoms with E-state index in [1.807, 2.05) is 6.07 Å². The van der Waals surface area contributed by atoms with Crippen molar-refractivity contribution in [1.82, 2.24) is 0 Å². The molecular formula is C23H29FO2. The molecule has 1 aliphatic rings. The molecule has 0 aliphatic heterocycles. The molecule has 2 nitrogen and oxygen atoms in total. The first-order valence-corrected chi connectivity index (χ1v) is 9.37. The number of hydrogen-bond donors (Lipinski definition) is 0. The SMILES string of the molecule is COc1ccc(F)c(-c2ccc(CC(C)C)cc2[C@@H](OC)C2(C)CC2)c1. The summed E-state index contributed by atoms with van der Waals surface area (Å²) in [5.74, 6) is 0.990. The van der Waals surface area contributed by atoms with Crippen LogP contribution in [0, 0.1) is 17.2 Å². The van der Waals surface area contributed by atoms with Gasteiger partial charge in [-0.2, -0.15) is 0 Å². The maximum absolute atomic E-state index is 14.7. The van der Waals surface area contributed by atoms with Gasteiger partial charge in [-0.15, -0.1) is 0 Å². The minimum atomic E-state index is -0.237. The van der Waals surface area contributed by atoms with Gasteiger partial charge in [0.2, 0.25) is 0 Å². The van der Waals surface area contributed by atoms with Gasteiger partial charge in [0.25, 0.3) is 0 Å². The normalized spacial score (nSPS) is 16.6. The summed E-state index contributed by atoms with van der Waals surface area (Å²) in [5, 5.41) is 0. The van der Waals surface area contributed by atoms with Crippen LogP contribution in [-0.4, -0.2) is 14.2 Å². The fourth-order valence-electron chi connectivity index (χ4n) is 3.76. The molecule has 1 saturated carbocycles. The highest BCUT2D eigenvalue weighted by molar-refractivity contribution is 5.70. The molecule has 3 heteroatoms. The van der Waals surface area contributed by atoms with Crippen molar-refractivity contribution in [1.29, 1.82) is 0 Å². The summed E-state index contributed by atoms with van der Waals surface area (Å²) < 4.78 is 25.9. The molecular weight excluding hydrogens is 327 g/mol. The Morgan fingerprint density at radius 2 is 1.77 bits per heavy atom. The molecule has 1 fully saturated rings. The summed E-state index contributed by atoms with van der Waals surface area (Å²) in [6, 6.07) is 11.3. The molecule has 0 spiro atoms. The Kier molecular flexibility index (Phi) is 5.38. The van der Waals surface area contributed by atoms with Gasteiger partial charge < -0.3 is 9.47 Å². The third-order valence-corrected chi connectivity index (χ3v) is 5.41. The van der Waals surface area contributed by atoms with E-state index in [0.29, 0.717) is 17.2 Å². The average Bonchev–Trinajstić information content (AvgIpc) is 3.34. The lowest BCUT2D eigenvalue weighted by molar-refractivity contribution is 0.0469. The minimum absolute atomic E-state index is 0.0322. The Balaban J connectivity index is 2.15. The van der Waals surface area contributed by atoms with Gasteiger partial charge >= 0.3 is 0 Å². The molecule has 3 rings (SSSR count). The van der Waals surface area contributed by atoms with Gasteiger partial charge in [0.05, 0.1) is 13.2 Å². The van der Waals surface area contributed by atoms with Crippen molar-refractivity contribution in [3.63, 3.8) is 0 Å². The molecule has 0 N–H and O–H groups in total. The third kappa shape index (κ3) is 3.78. The summed E-state index contributed by atoms with van der Waals surface area (Å²) in [4.78, 5) is 0. The Hall–Kier alpha value is -1.87. The zero-order valence-corrected chi connectivity index (χ0v) is 16.4. The van der Waals surface area contributed by atoms with Crippen LogP contribution in [0.5, 0.6) is 5.75 Å². The van der Waals surface area contributed by atoms with Crippen LogP contribution in [0.3, 0.4) is 0 Å². The minimum Gasteiger partial charge on any atom is -0.497 e. The van der Waals surface area contributed by atoms with Crippen molar-refractivity contribution in [2.75, 3.05) is 14.2 Å². The van der Waals surface area contributed by atoms with Crippen LogP contribution in [0.4, 0.5) is 4.39 Å². The van der Waals surface area contributed by atoms with Gasteiger partial charge in [-0.1, -0.05) is 39.0 Å². The summed E-state index contributed by atoms with van der Waals surface area (Å²) in [5.41, 5.74) is 3.96. The molecule has 0 unspecified atom stereocenters. The first-order chi connectivity index (χ1) is 12.4. The number of ether oxygens (including phenoxy) is 2. The Labute approximate surface area is 156 Å². The van der Waals surface area contributed by atoms with Gasteiger partial charge in [-0.3, -0.25) is 0 Å². The van der Waals surface area contributed by atoms with Crippen LogP contribution >= 0.6 is 0 Å². The van der Waals surface area contributed by atoms with E-state index in [2.05, 4.69) is 32.9 Å². The molecule has 26 heavy (non-hydrogen) atoms. The molecule has 1 atom stereocenters. The van der Waals surface area contributed by atoms with E-state index in [1.165, 1.54) is 11.6 Å². The van der Waals surface area contributed by atoms with Crippen molar-refractivity contribution in [3.8, 4) is 16.9 Å². The predicted octanol–water partition coefficient (Wildman–Crippen LogP) is 6.19. The second-order valence-electron chi connectivity index (χ2n) is 8.14. The molecule has 0 amide bonds. The molecule has 0 saturated heterocycles. The smallest absolute Gasteiger partial charge is 0.131 e. The second kappa shape index (κ2) is 7.40. The zero-order valence-electron chi connectivity index (χ0n) is 16.4. The summed E-state index contributed by atoms with van der Waals surface area (Å²) in [6.45, 7) is 6.68. The Bertz CT molecular complexity index is 778. The number of methoxy groups -OCH3 is 2. The highest BCUT2D eigenvalue weighted by Gasteiger charge is 2.46. The predicted molar refractivity (Wildman–Crippen MR) is 104 cm³/mol. The van der Waals surface area contributed by atoms with E-state index in [4.69, 9.17) is 9.47 Å². The molecule has 2 aromatic rings. The lowest BCUT2D eigenvalue weighted by atomic mass is 9.86. The number of benzene rings is 2. The monoisotopic (exact) mass is 356 g/mol. The van der Waals surface area contributed by atoms with Crippen molar-refractivity contribution >= 4 is 0 Å². The molecule has 0 heterocycles. The van der Waals surface area contributed by atoms with Crippen LogP contribution in [0.1, 0.15) is 50.8 Å². The number of rotatable bonds is 7. The fourth-order valence-corrected chi connectivity index (χ4v) is 3.76. The summed E-state index contributed by atoms with van der Waals surface area (Å²) >= 11 is 0. The van der Waals surface area contributed by atoms with Gasteiger partial charge in [0, 0.05) is 12.7 Å². The van der Waals surface area contributed by atoms with Crippen LogP contribution in [-0.2, 0) is 11.2 Å². The average molecular weight is 356 g/mol. The maximum Gasteiger partial charge on any atom is 0.131 e.